The summed E-state index contributed by atoms with van der Waals surface area (Å²) in [5, 5.41) is 5.46. The topological polar surface area (TPSA) is 34.9 Å². The van der Waals surface area contributed by atoms with Gasteiger partial charge in [-0.2, -0.15) is 16.9 Å². The minimum atomic E-state index is 0.0281. The molecule has 1 aromatic carbocycles. The molecular weight excluding hydrogens is 300 g/mol. The molecule has 1 fully saturated rings. The Morgan fingerprint density at radius 3 is 2.67 bits per heavy atom. The molecule has 0 radical (unpaired) electrons. The minimum absolute atomic E-state index is 0.0281. The lowest BCUT2D eigenvalue weighted by Crippen LogP contribution is -2.32. The Morgan fingerprint density at radius 2 is 1.95 bits per heavy atom. The van der Waals surface area contributed by atoms with Gasteiger partial charge in [0, 0.05) is 16.3 Å². The van der Waals surface area contributed by atoms with Gasteiger partial charge in [-0.15, -0.1) is 11.8 Å². The Morgan fingerprint density at radius 1 is 1.19 bits per heavy atom. The fourth-order valence-electron chi connectivity index (χ4n) is 2.35. The molecule has 2 heterocycles. The Labute approximate surface area is 133 Å². The Bertz CT molecular complexity index is 626. The first-order valence-corrected chi connectivity index (χ1v) is 9.06. The van der Waals surface area contributed by atoms with Crippen molar-refractivity contribution < 1.29 is 4.79 Å². The third-order valence-corrected chi connectivity index (χ3v) is 7.13. The number of hydrogen-bond acceptors (Lipinski definition) is 4. The number of Topliss-reactive ketones (excluding diaryl/α,β-unsaturated/α-hetero) is 1. The van der Waals surface area contributed by atoms with E-state index in [4.69, 9.17) is 0 Å². The molecule has 0 bridgehead atoms. The van der Waals surface area contributed by atoms with E-state index >= 15 is 0 Å². The predicted molar refractivity (Wildman–Crippen MR) is 90.7 cm³/mol. The molecule has 3 rings (SSSR count). The first kappa shape index (κ1) is 14.7. The van der Waals surface area contributed by atoms with Crippen LogP contribution in [0.15, 0.2) is 42.6 Å². The molecule has 0 N–H and O–H groups in total. The average molecular weight is 318 g/mol. The molecule has 21 heavy (non-hydrogen) atoms. The summed E-state index contributed by atoms with van der Waals surface area (Å²) in [7, 11) is 0. The highest BCUT2D eigenvalue weighted by Crippen LogP contribution is 2.37. The monoisotopic (exact) mass is 318 g/mol. The van der Waals surface area contributed by atoms with Gasteiger partial charge in [-0.25, -0.2) is 4.68 Å². The van der Waals surface area contributed by atoms with Gasteiger partial charge >= 0.3 is 0 Å². The molecule has 0 amide bonds. The van der Waals surface area contributed by atoms with Crippen LogP contribution in [0.5, 0.6) is 0 Å². The maximum Gasteiger partial charge on any atom is 0.195 e. The maximum absolute atomic E-state index is 12.8. The summed E-state index contributed by atoms with van der Waals surface area (Å²) in [6.07, 6.45) is 1.70. The summed E-state index contributed by atoms with van der Waals surface area (Å²) in [5.41, 5.74) is 1.61. The number of ketones is 1. The number of para-hydroxylation sites is 1. The molecule has 1 aliphatic rings. The van der Waals surface area contributed by atoms with Gasteiger partial charge in [0.1, 0.15) is 5.69 Å². The van der Waals surface area contributed by atoms with Crippen LogP contribution in [0.2, 0.25) is 0 Å². The molecule has 5 heteroatoms. The van der Waals surface area contributed by atoms with Crippen molar-refractivity contribution in [3.63, 3.8) is 0 Å². The summed E-state index contributed by atoms with van der Waals surface area (Å²) < 4.78 is 1.75. The molecule has 3 atom stereocenters. The fraction of sp³-hybridized carbons (Fsp3) is 0.375. The van der Waals surface area contributed by atoms with Crippen LogP contribution in [0.3, 0.4) is 0 Å². The van der Waals surface area contributed by atoms with Crippen molar-refractivity contribution in [3.8, 4) is 5.69 Å². The Balaban J connectivity index is 1.85. The number of carbonyl (C=O) groups is 1. The molecule has 110 valence electrons. The van der Waals surface area contributed by atoms with Crippen LogP contribution in [0, 0.1) is 0 Å². The van der Waals surface area contributed by atoms with Crippen LogP contribution in [0.4, 0.5) is 0 Å². The summed E-state index contributed by atoms with van der Waals surface area (Å²) in [4.78, 5) is 12.8. The van der Waals surface area contributed by atoms with Crippen molar-refractivity contribution in [2.45, 2.75) is 29.6 Å². The van der Waals surface area contributed by atoms with Crippen molar-refractivity contribution in [2.24, 2.45) is 0 Å². The van der Waals surface area contributed by atoms with E-state index in [-0.39, 0.29) is 11.0 Å². The summed E-state index contributed by atoms with van der Waals surface area (Å²) in [5.74, 6) is 1.07. The van der Waals surface area contributed by atoms with Gasteiger partial charge in [0.05, 0.1) is 17.1 Å². The zero-order chi connectivity index (χ0) is 14.8. The van der Waals surface area contributed by atoms with Gasteiger partial charge in [-0.3, -0.25) is 4.79 Å². The highest BCUT2D eigenvalue weighted by atomic mass is 32.2. The number of carbonyl (C=O) groups excluding carboxylic acids is 1. The Kier molecular flexibility index (Phi) is 4.40. The van der Waals surface area contributed by atoms with Gasteiger partial charge in [0.15, 0.2) is 5.78 Å². The summed E-state index contributed by atoms with van der Waals surface area (Å²) in [6.45, 7) is 4.44. The largest absolute Gasteiger partial charge is 0.291 e. The van der Waals surface area contributed by atoms with E-state index in [1.165, 1.54) is 0 Å². The molecule has 0 spiro atoms. The van der Waals surface area contributed by atoms with Gasteiger partial charge < -0.3 is 0 Å². The second-order valence-electron chi connectivity index (χ2n) is 5.20. The van der Waals surface area contributed by atoms with E-state index in [9.17, 15) is 4.79 Å². The molecule has 1 aliphatic heterocycles. The normalized spacial score (nSPS) is 25.7. The second-order valence-corrected chi connectivity index (χ2v) is 8.19. The molecule has 3 unspecified atom stereocenters. The summed E-state index contributed by atoms with van der Waals surface area (Å²) in [6, 6.07) is 11.6. The molecule has 1 aromatic heterocycles. The van der Waals surface area contributed by atoms with Crippen LogP contribution in [-0.4, -0.2) is 37.1 Å². The molecule has 3 nitrogen and oxygen atoms in total. The molecule has 0 aliphatic carbocycles. The standard InChI is InChI=1S/C16H18N2OS2/c1-11-12(2)21-15(10-20-11)16(19)14-8-9-17-18(14)13-6-4-3-5-7-13/h3-9,11-12,15H,10H2,1-2H3. The first-order chi connectivity index (χ1) is 10.2. The van der Waals surface area contributed by atoms with E-state index in [0.717, 1.165) is 11.4 Å². The van der Waals surface area contributed by atoms with Crippen LogP contribution < -0.4 is 0 Å². The lowest BCUT2D eigenvalue weighted by atomic mass is 10.2. The quantitative estimate of drug-likeness (QED) is 0.809. The van der Waals surface area contributed by atoms with Crippen molar-refractivity contribution >= 4 is 29.3 Å². The number of thioether (sulfide) groups is 2. The van der Waals surface area contributed by atoms with Crippen LogP contribution in [0.25, 0.3) is 5.69 Å². The lowest BCUT2D eigenvalue weighted by molar-refractivity contribution is 0.0987. The highest BCUT2D eigenvalue weighted by molar-refractivity contribution is 8.08. The van der Waals surface area contributed by atoms with Crippen molar-refractivity contribution in [3.05, 3.63) is 48.3 Å². The zero-order valence-corrected chi connectivity index (χ0v) is 13.7. The third-order valence-electron chi connectivity index (χ3n) is 3.74. The van der Waals surface area contributed by atoms with Gasteiger partial charge in [0.25, 0.3) is 0 Å². The van der Waals surface area contributed by atoms with Gasteiger partial charge in [-0.05, 0) is 18.2 Å². The maximum atomic E-state index is 12.8. The highest BCUT2D eigenvalue weighted by Gasteiger charge is 2.32. The minimum Gasteiger partial charge on any atom is -0.291 e. The zero-order valence-electron chi connectivity index (χ0n) is 12.1. The van der Waals surface area contributed by atoms with Crippen LogP contribution >= 0.6 is 23.5 Å². The van der Waals surface area contributed by atoms with E-state index in [1.807, 2.05) is 48.2 Å². The Hall–Kier alpha value is -1.20. The molecule has 1 saturated heterocycles. The lowest BCUT2D eigenvalue weighted by Gasteiger charge is -2.30. The number of rotatable bonds is 3. The fourth-order valence-corrected chi connectivity index (χ4v) is 5.21. The van der Waals surface area contributed by atoms with E-state index in [0.29, 0.717) is 16.2 Å². The van der Waals surface area contributed by atoms with Gasteiger partial charge in [-0.1, -0.05) is 32.0 Å². The SMILES string of the molecule is CC1SCC(C(=O)c2ccnn2-c2ccccc2)SC1C. The van der Waals surface area contributed by atoms with Crippen LogP contribution in [-0.2, 0) is 0 Å². The van der Waals surface area contributed by atoms with E-state index in [1.54, 1.807) is 22.6 Å². The number of benzene rings is 1. The predicted octanol–water partition coefficient (Wildman–Crippen LogP) is 3.68. The average Bonchev–Trinajstić information content (AvgIpc) is 2.99. The van der Waals surface area contributed by atoms with E-state index < -0.39 is 0 Å². The third kappa shape index (κ3) is 3.04. The van der Waals surface area contributed by atoms with Gasteiger partial charge in [0.2, 0.25) is 0 Å². The molecule has 2 aromatic rings. The van der Waals surface area contributed by atoms with Crippen LogP contribution in [0.1, 0.15) is 24.3 Å². The molecule has 0 saturated carbocycles. The van der Waals surface area contributed by atoms with Crippen molar-refractivity contribution in [1.29, 1.82) is 0 Å². The van der Waals surface area contributed by atoms with Crippen molar-refractivity contribution in [2.75, 3.05) is 5.75 Å². The number of aromatic nitrogens is 2. The number of nitrogens with zero attached hydrogens (tertiary/aromatic N) is 2. The number of hydrogen-bond donors (Lipinski definition) is 0. The van der Waals surface area contributed by atoms with E-state index in [2.05, 4.69) is 18.9 Å². The summed E-state index contributed by atoms with van der Waals surface area (Å²) >= 11 is 3.68. The smallest absolute Gasteiger partial charge is 0.195 e. The molecular formula is C16H18N2OS2. The van der Waals surface area contributed by atoms with Crippen molar-refractivity contribution in [1.82, 2.24) is 9.78 Å². The second kappa shape index (κ2) is 6.28. The first-order valence-electron chi connectivity index (χ1n) is 7.07.